The van der Waals surface area contributed by atoms with E-state index < -0.39 is 72.1 Å². The summed E-state index contributed by atoms with van der Waals surface area (Å²) in [6.07, 6.45) is -0.999. The Hall–Kier alpha value is -3.75. The first-order chi connectivity index (χ1) is 15.8. The maximum atomic E-state index is 13.1. The molecular weight excluding hydrogens is 456 g/mol. The van der Waals surface area contributed by atoms with E-state index in [4.69, 9.17) is 27.4 Å². The number of carbonyl (C=O) groups is 7. The highest BCUT2D eigenvalue weighted by molar-refractivity contribution is 5.95. The van der Waals surface area contributed by atoms with Gasteiger partial charge in [0.2, 0.25) is 29.5 Å². The molecule has 0 saturated carbocycles. The van der Waals surface area contributed by atoms with Crippen molar-refractivity contribution in [2.75, 3.05) is 6.54 Å². The molecule has 15 heteroatoms. The number of carboxylic acid groups (broad SMARTS) is 2. The number of aliphatic carboxylic acids is 2. The standard InChI is InChI=1S/C19H30N6O9/c20-9(3-5-13(21)26)16(30)23-10(4-6-14(22)27)18(32)25-7-1-2-12(25)17(31)24-11(19(33)34)8-15(28)29/h9-12H,1-8,20H2,(H2,21,26)(H2,22,27)(H,23,30)(H,24,31)(H,28,29)(H,33,34). The van der Waals surface area contributed by atoms with Gasteiger partial charge in [0.15, 0.2) is 0 Å². The molecule has 4 unspecified atom stereocenters. The Kier molecular flexibility index (Phi) is 10.9. The van der Waals surface area contributed by atoms with Crippen LogP contribution in [0.15, 0.2) is 0 Å². The SMILES string of the molecule is NC(=O)CCC(N)C(=O)NC(CCC(N)=O)C(=O)N1CCCC1C(=O)NC(CC(=O)O)C(=O)O. The molecule has 0 aromatic heterocycles. The summed E-state index contributed by atoms with van der Waals surface area (Å²) in [7, 11) is 0. The largest absolute Gasteiger partial charge is 0.481 e. The number of rotatable bonds is 14. The van der Waals surface area contributed by atoms with Crippen LogP contribution in [0, 0.1) is 0 Å². The van der Waals surface area contributed by atoms with Gasteiger partial charge in [-0.2, -0.15) is 0 Å². The molecule has 1 saturated heterocycles. The van der Waals surface area contributed by atoms with Gasteiger partial charge in [0.1, 0.15) is 18.1 Å². The van der Waals surface area contributed by atoms with Gasteiger partial charge in [0, 0.05) is 19.4 Å². The fraction of sp³-hybridized carbons (Fsp3) is 0.632. The van der Waals surface area contributed by atoms with E-state index >= 15 is 0 Å². The van der Waals surface area contributed by atoms with Crippen LogP contribution in [-0.4, -0.2) is 87.3 Å². The highest BCUT2D eigenvalue weighted by Crippen LogP contribution is 2.20. The van der Waals surface area contributed by atoms with E-state index in [0.29, 0.717) is 6.42 Å². The lowest BCUT2D eigenvalue weighted by Crippen LogP contribution is -2.57. The number of nitrogens with two attached hydrogens (primary N) is 3. The minimum absolute atomic E-state index is 0.0766. The summed E-state index contributed by atoms with van der Waals surface area (Å²) in [5.74, 6) is -6.76. The highest BCUT2D eigenvalue weighted by Gasteiger charge is 2.39. The summed E-state index contributed by atoms with van der Waals surface area (Å²) in [5, 5.41) is 22.5. The van der Waals surface area contributed by atoms with E-state index in [-0.39, 0.29) is 38.6 Å². The van der Waals surface area contributed by atoms with Crippen LogP contribution in [0.25, 0.3) is 0 Å². The number of primary amides is 2. The number of hydrogen-bond donors (Lipinski definition) is 7. The van der Waals surface area contributed by atoms with Gasteiger partial charge in [-0.15, -0.1) is 0 Å². The Bertz CT molecular complexity index is 833. The lowest BCUT2D eigenvalue weighted by Gasteiger charge is -2.29. The van der Waals surface area contributed by atoms with Crippen molar-refractivity contribution in [1.29, 1.82) is 0 Å². The number of likely N-dealkylation sites (tertiary alicyclic amines) is 1. The van der Waals surface area contributed by atoms with Gasteiger partial charge in [-0.3, -0.25) is 28.8 Å². The van der Waals surface area contributed by atoms with Crippen LogP contribution in [0.2, 0.25) is 0 Å². The second-order valence-electron chi connectivity index (χ2n) is 7.86. The van der Waals surface area contributed by atoms with E-state index in [1.165, 1.54) is 0 Å². The predicted octanol–water partition coefficient (Wildman–Crippen LogP) is -3.64. The van der Waals surface area contributed by atoms with Crippen molar-refractivity contribution in [3.05, 3.63) is 0 Å². The Morgan fingerprint density at radius 3 is 2.03 bits per heavy atom. The zero-order chi connectivity index (χ0) is 26.0. The Labute approximate surface area is 194 Å². The average Bonchev–Trinajstić information content (AvgIpc) is 3.23. The number of hydrogen-bond acceptors (Lipinski definition) is 8. The predicted molar refractivity (Wildman–Crippen MR) is 113 cm³/mol. The van der Waals surface area contributed by atoms with Crippen molar-refractivity contribution in [2.45, 2.75) is 69.1 Å². The van der Waals surface area contributed by atoms with Crippen molar-refractivity contribution in [3.63, 3.8) is 0 Å². The van der Waals surface area contributed by atoms with Crippen LogP contribution in [0.3, 0.4) is 0 Å². The minimum atomic E-state index is -1.70. The normalized spacial score (nSPS) is 17.8. The second kappa shape index (κ2) is 13.1. The molecule has 15 nitrogen and oxygen atoms in total. The minimum Gasteiger partial charge on any atom is -0.481 e. The van der Waals surface area contributed by atoms with Crippen LogP contribution in [0.1, 0.15) is 44.9 Å². The van der Waals surface area contributed by atoms with Gasteiger partial charge in [-0.1, -0.05) is 0 Å². The quantitative estimate of drug-likeness (QED) is 0.126. The zero-order valence-electron chi connectivity index (χ0n) is 18.4. The van der Waals surface area contributed by atoms with Gasteiger partial charge in [0.25, 0.3) is 0 Å². The molecule has 5 amide bonds. The molecule has 1 rings (SSSR count). The highest BCUT2D eigenvalue weighted by atomic mass is 16.4. The molecule has 0 radical (unpaired) electrons. The van der Waals surface area contributed by atoms with E-state index in [9.17, 15) is 33.6 Å². The van der Waals surface area contributed by atoms with Gasteiger partial charge in [0.05, 0.1) is 12.5 Å². The molecule has 0 aromatic rings. The van der Waals surface area contributed by atoms with Gasteiger partial charge >= 0.3 is 11.9 Å². The van der Waals surface area contributed by atoms with Crippen molar-refractivity contribution in [2.24, 2.45) is 17.2 Å². The molecule has 10 N–H and O–H groups in total. The molecule has 190 valence electrons. The molecule has 4 atom stereocenters. The van der Waals surface area contributed by atoms with Crippen molar-refractivity contribution < 1.29 is 43.8 Å². The number of nitrogens with one attached hydrogen (secondary N) is 2. The van der Waals surface area contributed by atoms with E-state index in [1.54, 1.807) is 0 Å². The molecule has 1 aliphatic rings. The summed E-state index contributed by atoms with van der Waals surface area (Å²) < 4.78 is 0. The fourth-order valence-corrected chi connectivity index (χ4v) is 3.40. The van der Waals surface area contributed by atoms with Crippen LogP contribution in [0.5, 0.6) is 0 Å². The molecule has 1 fully saturated rings. The van der Waals surface area contributed by atoms with Crippen molar-refractivity contribution >= 4 is 41.5 Å². The zero-order valence-corrected chi connectivity index (χ0v) is 18.4. The summed E-state index contributed by atoms with van der Waals surface area (Å²) in [4.78, 5) is 83.5. The number of nitrogens with zero attached hydrogens (tertiary/aromatic N) is 1. The molecule has 0 aliphatic carbocycles. The lowest BCUT2D eigenvalue weighted by molar-refractivity contribution is -0.148. The van der Waals surface area contributed by atoms with Gasteiger partial charge in [-0.25, -0.2) is 4.79 Å². The second-order valence-corrected chi connectivity index (χ2v) is 7.86. The first-order valence-electron chi connectivity index (χ1n) is 10.5. The fourth-order valence-electron chi connectivity index (χ4n) is 3.40. The first kappa shape index (κ1) is 28.3. The summed E-state index contributed by atoms with van der Waals surface area (Å²) >= 11 is 0. The van der Waals surface area contributed by atoms with Gasteiger partial charge in [-0.05, 0) is 25.7 Å². The summed E-state index contributed by atoms with van der Waals surface area (Å²) in [6.45, 7) is 0.101. The summed E-state index contributed by atoms with van der Waals surface area (Å²) in [6, 6.07) is -5.25. The maximum absolute atomic E-state index is 13.1. The molecular formula is C19H30N6O9. The van der Waals surface area contributed by atoms with E-state index in [1.807, 2.05) is 0 Å². The topological polar surface area (TPSA) is 265 Å². The van der Waals surface area contributed by atoms with Crippen LogP contribution < -0.4 is 27.8 Å². The third kappa shape index (κ3) is 9.01. The monoisotopic (exact) mass is 486 g/mol. The Balaban J connectivity index is 2.97. The third-order valence-electron chi connectivity index (χ3n) is 5.16. The maximum Gasteiger partial charge on any atom is 0.326 e. The molecule has 0 spiro atoms. The van der Waals surface area contributed by atoms with Crippen LogP contribution >= 0.6 is 0 Å². The first-order valence-corrected chi connectivity index (χ1v) is 10.5. The van der Waals surface area contributed by atoms with Crippen molar-refractivity contribution in [1.82, 2.24) is 15.5 Å². The summed E-state index contributed by atoms with van der Waals surface area (Å²) in [5.41, 5.74) is 15.9. The molecule has 1 heterocycles. The third-order valence-corrected chi connectivity index (χ3v) is 5.16. The Morgan fingerprint density at radius 1 is 0.912 bits per heavy atom. The number of amides is 5. The number of carboxylic acids is 2. The van der Waals surface area contributed by atoms with E-state index in [0.717, 1.165) is 4.90 Å². The molecule has 0 aromatic carbocycles. The van der Waals surface area contributed by atoms with E-state index in [2.05, 4.69) is 10.6 Å². The number of carbonyl (C=O) groups excluding carboxylic acids is 5. The van der Waals surface area contributed by atoms with Crippen LogP contribution in [-0.2, 0) is 33.6 Å². The lowest BCUT2D eigenvalue weighted by atomic mass is 10.1. The van der Waals surface area contributed by atoms with Crippen molar-refractivity contribution in [3.8, 4) is 0 Å². The van der Waals surface area contributed by atoms with Crippen LogP contribution in [0.4, 0.5) is 0 Å². The molecule has 1 aliphatic heterocycles. The molecule has 0 bridgehead atoms. The molecule has 34 heavy (non-hydrogen) atoms. The van der Waals surface area contributed by atoms with Gasteiger partial charge < -0.3 is 42.9 Å². The Morgan fingerprint density at radius 2 is 1.50 bits per heavy atom. The smallest absolute Gasteiger partial charge is 0.326 e. The average molecular weight is 486 g/mol.